The van der Waals surface area contributed by atoms with Crippen LogP contribution >= 0.6 is 11.8 Å². The van der Waals surface area contributed by atoms with Crippen molar-refractivity contribution in [3.8, 4) is 5.69 Å². The second-order valence-electron chi connectivity index (χ2n) is 6.83. The average molecular weight is 393 g/mol. The first-order valence-corrected chi connectivity index (χ1v) is 9.90. The van der Waals surface area contributed by atoms with Gasteiger partial charge in [0.1, 0.15) is 5.25 Å². The monoisotopic (exact) mass is 393 g/mol. The van der Waals surface area contributed by atoms with Gasteiger partial charge in [0.2, 0.25) is 17.0 Å². The summed E-state index contributed by atoms with van der Waals surface area (Å²) in [5, 5.41) is 11.7. The lowest BCUT2D eigenvalue weighted by atomic mass is 10.0. The smallest absolute Gasteiger partial charge is 0.247 e. The molecular formula is C20H19N5O2S. The van der Waals surface area contributed by atoms with E-state index in [1.807, 2.05) is 54.6 Å². The van der Waals surface area contributed by atoms with E-state index in [1.165, 1.54) is 16.7 Å². The standard InChI is InChI=1S/C20H19N5O2S/c1-13(2)14-8-10-15(11-9-14)24-18(26)12-17(19(24)27)28-20-21-22-23-25(20)16-6-4-3-5-7-16/h3-11,13,17H,12H2,1-2H3. The van der Waals surface area contributed by atoms with Crippen LogP contribution in [0.15, 0.2) is 59.8 Å². The Labute approximate surface area is 166 Å². The first-order valence-electron chi connectivity index (χ1n) is 9.02. The largest absolute Gasteiger partial charge is 0.274 e. The predicted molar refractivity (Wildman–Crippen MR) is 106 cm³/mol. The third-order valence-electron chi connectivity index (χ3n) is 4.61. The van der Waals surface area contributed by atoms with Gasteiger partial charge in [0.15, 0.2) is 0 Å². The maximum atomic E-state index is 12.9. The van der Waals surface area contributed by atoms with E-state index in [1.54, 1.807) is 4.68 Å². The number of tetrazole rings is 1. The van der Waals surface area contributed by atoms with Crippen LogP contribution in [0.25, 0.3) is 5.69 Å². The van der Waals surface area contributed by atoms with Gasteiger partial charge >= 0.3 is 0 Å². The van der Waals surface area contributed by atoms with Crippen molar-refractivity contribution in [1.29, 1.82) is 0 Å². The fourth-order valence-corrected chi connectivity index (χ4v) is 4.10. The molecule has 1 aliphatic heterocycles. The Morgan fingerprint density at radius 3 is 2.39 bits per heavy atom. The number of rotatable bonds is 5. The minimum absolute atomic E-state index is 0.122. The Morgan fingerprint density at radius 1 is 1.00 bits per heavy atom. The normalized spacial score (nSPS) is 17.0. The van der Waals surface area contributed by atoms with Crippen LogP contribution in [0.2, 0.25) is 0 Å². The van der Waals surface area contributed by atoms with E-state index < -0.39 is 5.25 Å². The highest BCUT2D eigenvalue weighted by Gasteiger charge is 2.41. The molecule has 1 saturated heterocycles. The maximum absolute atomic E-state index is 12.9. The summed E-state index contributed by atoms with van der Waals surface area (Å²) in [4.78, 5) is 26.7. The van der Waals surface area contributed by atoms with Crippen molar-refractivity contribution >= 4 is 29.3 Å². The summed E-state index contributed by atoms with van der Waals surface area (Å²) in [5.41, 5.74) is 2.56. The lowest BCUT2D eigenvalue weighted by Crippen LogP contribution is -2.31. The number of carbonyl (C=O) groups excluding carboxylic acids is 2. The fourth-order valence-electron chi connectivity index (χ4n) is 3.09. The maximum Gasteiger partial charge on any atom is 0.247 e. The van der Waals surface area contributed by atoms with Crippen LogP contribution in [-0.2, 0) is 9.59 Å². The van der Waals surface area contributed by atoms with Crippen molar-refractivity contribution in [1.82, 2.24) is 20.2 Å². The number of para-hydroxylation sites is 1. The number of amides is 2. The van der Waals surface area contributed by atoms with Crippen molar-refractivity contribution in [3.63, 3.8) is 0 Å². The quantitative estimate of drug-likeness (QED) is 0.619. The molecule has 0 aliphatic carbocycles. The van der Waals surface area contributed by atoms with Crippen LogP contribution in [0.1, 0.15) is 31.7 Å². The first kappa shape index (κ1) is 18.4. The van der Waals surface area contributed by atoms with Crippen LogP contribution in [0.3, 0.4) is 0 Å². The van der Waals surface area contributed by atoms with E-state index in [9.17, 15) is 9.59 Å². The number of thioether (sulfide) groups is 1. The number of aromatic nitrogens is 4. The molecule has 2 heterocycles. The molecule has 3 aromatic rings. The fraction of sp³-hybridized carbons (Fsp3) is 0.250. The van der Waals surface area contributed by atoms with Gasteiger partial charge in [0.25, 0.3) is 0 Å². The van der Waals surface area contributed by atoms with Crippen LogP contribution in [-0.4, -0.2) is 37.3 Å². The number of anilines is 1. The van der Waals surface area contributed by atoms with Crippen molar-refractivity contribution in [2.24, 2.45) is 0 Å². The highest BCUT2D eigenvalue weighted by molar-refractivity contribution is 8.00. The molecule has 1 atom stereocenters. The van der Waals surface area contributed by atoms with E-state index in [0.717, 1.165) is 11.3 Å². The summed E-state index contributed by atoms with van der Waals surface area (Å²) >= 11 is 1.21. The number of hydrogen-bond donors (Lipinski definition) is 0. The molecular weight excluding hydrogens is 374 g/mol. The molecule has 2 aromatic carbocycles. The Bertz CT molecular complexity index is 1000. The van der Waals surface area contributed by atoms with Crippen LogP contribution in [0, 0.1) is 0 Å². The summed E-state index contributed by atoms with van der Waals surface area (Å²) in [6, 6.07) is 17.0. The first-order chi connectivity index (χ1) is 13.5. The lowest BCUT2D eigenvalue weighted by molar-refractivity contribution is -0.121. The van der Waals surface area contributed by atoms with Gasteiger partial charge in [-0.2, -0.15) is 4.68 Å². The van der Waals surface area contributed by atoms with Crippen LogP contribution in [0.5, 0.6) is 0 Å². The molecule has 0 bridgehead atoms. The van der Waals surface area contributed by atoms with Gasteiger partial charge in [0, 0.05) is 6.42 Å². The molecule has 7 nitrogen and oxygen atoms in total. The highest BCUT2D eigenvalue weighted by atomic mass is 32.2. The molecule has 1 aliphatic rings. The summed E-state index contributed by atoms with van der Waals surface area (Å²) in [5.74, 6) is -0.0624. The van der Waals surface area contributed by atoms with Gasteiger partial charge in [-0.25, -0.2) is 4.90 Å². The molecule has 28 heavy (non-hydrogen) atoms. The lowest BCUT2D eigenvalue weighted by Gasteiger charge is -2.16. The van der Waals surface area contributed by atoms with E-state index in [2.05, 4.69) is 29.4 Å². The molecule has 4 rings (SSSR count). The number of benzene rings is 2. The third-order valence-corrected chi connectivity index (χ3v) is 5.73. The van der Waals surface area contributed by atoms with E-state index in [4.69, 9.17) is 0 Å². The number of carbonyl (C=O) groups is 2. The summed E-state index contributed by atoms with van der Waals surface area (Å²) in [6.07, 6.45) is 0.122. The van der Waals surface area contributed by atoms with E-state index >= 15 is 0 Å². The topological polar surface area (TPSA) is 81.0 Å². The Hall–Kier alpha value is -3.00. The minimum atomic E-state index is -0.550. The molecule has 142 valence electrons. The Balaban J connectivity index is 1.55. The van der Waals surface area contributed by atoms with Gasteiger partial charge in [0.05, 0.1) is 11.4 Å². The molecule has 0 saturated carbocycles. The van der Waals surface area contributed by atoms with Crippen molar-refractivity contribution < 1.29 is 9.59 Å². The van der Waals surface area contributed by atoms with Gasteiger partial charge in [-0.1, -0.05) is 55.9 Å². The molecule has 0 radical (unpaired) electrons. The average Bonchev–Trinajstić information content (AvgIpc) is 3.27. The molecule has 0 N–H and O–H groups in total. The SMILES string of the molecule is CC(C)c1ccc(N2C(=O)CC(Sc3nnnn3-c3ccccc3)C2=O)cc1. The van der Waals surface area contributed by atoms with Crippen LogP contribution in [0.4, 0.5) is 5.69 Å². The minimum Gasteiger partial charge on any atom is -0.274 e. The molecule has 1 fully saturated rings. The molecule has 0 spiro atoms. The van der Waals surface area contributed by atoms with Crippen molar-refractivity contribution in [2.45, 2.75) is 36.6 Å². The van der Waals surface area contributed by atoms with Gasteiger partial charge < -0.3 is 0 Å². The second kappa shape index (κ2) is 7.55. The van der Waals surface area contributed by atoms with Crippen molar-refractivity contribution in [2.75, 3.05) is 4.90 Å². The predicted octanol–water partition coefficient (Wildman–Crippen LogP) is 3.21. The number of nitrogens with zero attached hydrogens (tertiary/aromatic N) is 5. The van der Waals surface area contributed by atoms with Gasteiger partial charge in [-0.05, 0) is 46.2 Å². The zero-order chi connectivity index (χ0) is 19.7. The third kappa shape index (κ3) is 3.43. The Kier molecular flexibility index (Phi) is 4.95. The highest BCUT2D eigenvalue weighted by Crippen LogP contribution is 2.34. The van der Waals surface area contributed by atoms with Crippen molar-refractivity contribution in [3.05, 3.63) is 60.2 Å². The second-order valence-corrected chi connectivity index (χ2v) is 8.00. The Morgan fingerprint density at radius 2 is 1.71 bits per heavy atom. The number of hydrogen-bond acceptors (Lipinski definition) is 6. The van der Waals surface area contributed by atoms with Gasteiger partial charge in [-0.15, -0.1) is 5.10 Å². The number of imide groups is 1. The zero-order valence-electron chi connectivity index (χ0n) is 15.5. The van der Waals surface area contributed by atoms with E-state index in [0.29, 0.717) is 16.8 Å². The molecule has 1 unspecified atom stereocenters. The summed E-state index contributed by atoms with van der Waals surface area (Å²) in [7, 11) is 0. The summed E-state index contributed by atoms with van der Waals surface area (Å²) in [6.45, 7) is 4.20. The molecule has 8 heteroatoms. The van der Waals surface area contributed by atoms with Crippen LogP contribution < -0.4 is 4.90 Å². The molecule has 2 amide bonds. The summed E-state index contributed by atoms with van der Waals surface area (Å²) < 4.78 is 1.57. The van der Waals surface area contributed by atoms with Gasteiger partial charge in [-0.3, -0.25) is 9.59 Å². The van der Waals surface area contributed by atoms with E-state index in [-0.39, 0.29) is 18.2 Å². The molecule has 1 aromatic heterocycles. The zero-order valence-corrected chi connectivity index (χ0v) is 16.3.